The Morgan fingerprint density at radius 3 is 3.05 bits per heavy atom. The lowest BCUT2D eigenvalue weighted by molar-refractivity contribution is -0.138. The highest BCUT2D eigenvalue weighted by Gasteiger charge is 2.38. The number of fused-ring (bicyclic) bond motifs is 4. The van der Waals surface area contributed by atoms with Gasteiger partial charge in [-0.05, 0) is 12.8 Å². The van der Waals surface area contributed by atoms with Crippen molar-refractivity contribution in [2.45, 2.75) is 32.0 Å². The van der Waals surface area contributed by atoms with E-state index in [1.165, 1.54) is 0 Å². The van der Waals surface area contributed by atoms with Crippen LogP contribution in [0, 0.1) is 5.92 Å². The zero-order valence-electron chi connectivity index (χ0n) is 12.9. The average Bonchev–Trinajstić information content (AvgIpc) is 2.75. The predicted octanol–water partition coefficient (Wildman–Crippen LogP) is 0.582. The first kappa shape index (κ1) is 14.5. The van der Waals surface area contributed by atoms with Gasteiger partial charge in [0.25, 0.3) is 0 Å². The lowest BCUT2D eigenvalue weighted by Gasteiger charge is -2.32. The number of methoxy groups -OCH3 is 1. The van der Waals surface area contributed by atoms with Crippen LogP contribution in [0.2, 0.25) is 0 Å². The number of carbonyl (C=O) groups is 1. The number of carbonyl (C=O) groups excluding carboxylic acids is 1. The molecule has 0 N–H and O–H groups in total. The van der Waals surface area contributed by atoms with Gasteiger partial charge < -0.3 is 14.2 Å². The van der Waals surface area contributed by atoms with E-state index in [4.69, 9.17) is 4.74 Å². The van der Waals surface area contributed by atoms with Crippen LogP contribution in [-0.4, -0.2) is 65.2 Å². The number of hydrogen-bond acceptors (Lipinski definition) is 4. The van der Waals surface area contributed by atoms with E-state index in [0.717, 1.165) is 44.8 Å². The Morgan fingerprint density at radius 1 is 1.38 bits per heavy atom. The first-order valence-corrected chi connectivity index (χ1v) is 7.67. The van der Waals surface area contributed by atoms with Crippen LogP contribution in [0.1, 0.15) is 18.7 Å². The number of rotatable bonds is 5. The van der Waals surface area contributed by atoms with Gasteiger partial charge in [0.05, 0.1) is 19.1 Å². The largest absolute Gasteiger partial charge is 0.383 e. The summed E-state index contributed by atoms with van der Waals surface area (Å²) in [5.74, 6) is 1.54. The second kappa shape index (κ2) is 6.15. The third-order valence-electron chi connectivity index (χ3n) is 4.74. The molecule has 1 aromatic heterocycles. The molecule has 4 rings (SSSR count). The molecule has 0 aromatic carbocycles. The van der Waals surface area contributed by atoms with E-state index in [0.29, 0.717) is 18.6 Å². The predicted molar refractivity (Wildman–Crippen MR) is 78.7 cm³/mol. The molecule has 4 heterocycles. The first-order chi connectivity index (χ1) is 10.2. The van der Waals surface area contributed by atoms with E-state index in [1.54, 1.807) is 7.11 Å². The highest BCUT2D eigenvalue weighted by molar-refractivity contribution is 5.80. The SMILES string of the molecule is COCCn1ccnc1CN1C[C@H]2CC[C@@H](C1)N(C)C2=O. The summed E-state index contributed by atoms with van der Waals surface area (Å²) in [4.78, 5) is 21.0. The summed E-state index contributed by atoms with van der Waals surface area (Å²) in [6, 6.07) is 0.360. The molecule has 1 amide bonds. The number of amides is 1. The van der Waals surface area contributed by atoms with E-state index >= 15 is 0 Å². The summed E-state index contributed by atoms with van der Waals surface area (Å²) < 4.78 is 7.28. The van der Waals surface area contributed by atoms with Crippen LogP contribution in [0.3, 0.4) is 0 Å². The van der Waals surface area contributed by atoms with Crippen molar-refractivity contribution in [1.82, 2.24) is 19.4 Å². The van der Waals surface area contributed by atoms with Crippen LogP contribution >= 0.6 is 0 Å². The van der Waals surface area contributed by atoms with Gasteiger partial charge in [0.2, 0.25) is 5.91 Å². The molecule has 2 bridgehead atoms. The minimum Gasteiger partial charge on any atom is -0.383 e. The molecule has 3 aliphatic rings. The topological polar surface area (TPSA) is 50.6 Å². The van der Waals surface area contributed by atoms with Crippen molar-refractivity contribution < 1.29 is 9.53 Å². The number of imidazole rings is 1. The minimum absolute atomic E-state index is 0.163. The highest BCUT2D eigenvalue weighted by atomic mass is 16.5. The van der Waals surface area contributed by atoms with Gasteiger partial charge in [-0.2, -0.15) is 0 Å². The van der Waals surface area contributed by atoms with E-state index < -0.39 is 0 Å². The van der Waals surface area contributed by atoms with Crippen LogP contribution in [0.25, 0.3) is 0 Å². The first-order valence-electron chi connectivity index (χ1n) is 7.67. The van der Waals surface area contributed by atoms with Crippen LogP contribution < -0.4 is 0 Å². The van der Waals surface area contributed by atoms with Crippen molar-refractivity contribution in [3.05, 3.63) is 18.2 Å². The summed E-state index contributed by atoms with van der Waals surface area (Å²) in [5.41, 5.74) is 0. The molecule has 3 aliphatic heterocycles. The van der Waals surface area contributed by atoms with Crippen LogP contribution in [0.15, 0.2) is 12.4 Å². The van der Waals surface area contributed by atoms with Gasteiger partial charge in [-0.15, -0.1) is 0 Å². The standard InChI is InChI=1S/C15H24N4O2/c1-17-13-4-3-12(15(17)20)9-18(10-13)11-14-16-5-6-19(14)7-8-21-2/h5-6,12-13H,3-4,7-11H2,1-2H3/t12-,13+/m1/s1. The fraction of sp³-hybridized carbons (Fsp3) is 0.733. The molecule has 21 heavy (non-hydrogen) atoms. The third-order valence-corrected chi connectivity index (χ3v) is 4.74. The van der Waals surface area contributed by atoms with Gasteiger partial charge >= 0.3 is 0 Å². The van der Waals surface area contributed by atoms with Crippen molar-refractivity contribution in [2.24, 2.45) is 5.92 Å². The van der Waals surface area contributed by atoms with Gasteiger partial charge in [-0.1, -0.05) is 0 Å². The minimum atomic E-state index is 0.163. The van der Waals surface area contributed by atoms with Gasteiger partial charge in [0.1, 0.15) is 5.82 Å². The molecular formula is C15H24N4O2. The molecule has 0 spiro atoms. The van der Waals surface area contributed by atoms with Crippen molar-refractivity contribution >= 4 is 5.91 Å². The molecule has 0 saturated carbocycles. The average molecular weight is 292 g/mol. The second-order valence-corrected chi connectivity index (χ2v) is 6.10. The van der Waals surface area contributed by atoms with Crippen LogP contribution in [0.4, 0.5) is 0 Å². The Kier molecular flexibility index (Phi) is 4.26. The number of ether oxygens (including phenoxy) is 1. The Balaban J connectivity index is 1.68. The monoisotopic (exact) mass is 292 g/mol. The fourth-order valence-corrected chi connectivity index (χ4v) is 3.46. The normalized spacial score (nSPS) is 26.4. The lowest BCUT2D eigenvalue weighted by Crippen LogP contribution is -2.45. The van der Waals surface area contributed by atoms with Crippen molar-refractivity contribution in [1.29, 1.82) is 0 Å². The third kappa shape index (κ3) is 2.96. The molecule has 3 fully saturated rings. The summed E-state index contributed by atoms with van der Waals surface area (Å²) in [7, 11) is 3.66. The Morgan fingerprint density at radius 2 is 2.24 bits per heavy atom. The number of aromatic nitrogens is 2. The second-order valence-electron chi connectivity index (χ2n) is 6.10. The van der Waals surface area contributed by atoms with E-state index in [1.807, 2.05) is 24.3 Å². The smallest absolute Gasteiger partial charge is 0.227 e. The summed E-state index contributed by atoms with van der Waals surface area (Å²) in [6.07, 6.45) is 6.00. The molecule has 0 radical (unpaired) electrons. The van der Waals surface area contributed by atoms with E-state index in [-0.39, 0.29) is 5.92 Å². The van der Waals surface area contributed by atoms with Crippen LogP contribution in [0.5, 0.6) is 0 Å². The molecule has 0 aliphatic carbocycles. The van der Waals surface area contributed by atoms with E-state index in [9.17, 15) is 4.79 Å². The molecule has 116 valence electrons. The zero-order valence-corrected chi connectivity index (χ0v) is 12.9. The molecule has 2 atom stereocenters. The number of piperidine rings is 1. The highest BCUT2D eigenvalue weighted by Crippen LogP contribution is 2.28. The van der Waals surface area contributed by atoms with E-state index in [2.05, 4.69) is 14.5 Å². The number of likely N-dealkylation sites (N-methyl/N-ethyl adjacent to an activating group) is 1. The maximum atomic E-state index is 12.2. The molecule has 6 nitrogen and oxygen atoms in total. The maximum Gasteiger partial charge on any atom is 0.227 e. The van der Waals surface area contributed by atoms with Gasteiger partial charge in [0, 0.05) is 52.2 Å². The Hall–Kier alpha value is -1.40. The molecule has 3 saturated heterocycles. The fourth-order valence-electron chi connectivity index (χ4n) is 3.46. The Bertz CT molecular complexity index is 502. The molecular weight excluding hydrogens is 268 g/mol. The Labute approximate surface area is 125 Å². The molecule has 1 aromatic rings. The van der Waals surface area contributed by atoms with Crippen molar-refractivity contribution in [3.8, 4) is 0 Å². The summed E-state index contributed by atoms with van der Waals surface area (Å²) in [6.45, 7) is 4.14. The number of nitrogens with zero attached hydrogens (tertiary/aromatic N) is 4. The zero-order chi connectivity index (χ0) is 14.8. The maximum absolute atomic E-state index is 12.2. The quantitative estimate of drug-likeness (QED) is 0.797. The van der Waals surface area contributed by atoms with Crippen molar-refractivity contribution in [3.63, 3.8) is 0 Å². The van der Waals surface area contributed by atoms with Crippen molar-refractivity contribution in [2.75, 3.05) is 33.9 Å². The van der Waals surface area contributed by atoms with Gasteiger partial charge in [-0.25, -0.2) is 4.98 Å². The summed E-state index contributed by atoms with van der Waals surface area (Å²) in [5, 5.41) is 0. The number of hydrogen-bond donors (Lipinski definition) is 0. The molecule has 0 unspecified atom stereocenters. The van der Waals surface area contributed by atoms with Gasteiger partial charge in [-0.3, -0.25) is 9.69 Å². The summed E-state index contributed by atoms with van der Waals surface area (Å²) >= 11 is 0. The van der Waals surface area contributed by atoms with Crippen LogP contribution in [-0.2, 0) is 22.6 Å². The van der Waals surface area contributed by atoms with Gasteiger partial charge in [0.15, 0.2) is 0 Å². The lowest BCUT2D eigenvalue weighted by atomic mass is 9.95. The molecule has 6 heteroatoms.